The Labute approximate surface area is 289 Å². The molecule has 4 rings (SSSR count). The lowest BCUT2D eigenvalue weighted by molar-refractivity contribution is -0.166. The van der Waals surface area contributed by atoms with Crippen molar-refractivity contribution in [3.63, 3.8) is 0 Å². The number of Topliss-reactive ketones (excluding diaryl/α,β-unsaturated/α-hetero) is 3. The highest BCUT2D eigenvalue weighted by atomic mass is 16.5. The molecule has 2 aliphatic carbocycles. The molecular weight excluding hydrogens is 604 g/mol. The summed E-state index contributed by atoms with van der Waals surface area (Å²) in [5.74, 6) is -2.62. The van der Waals surface area contributed by atoms with Crippen molar-refractivity contribution in [2.24, 2.45) is 40.9 Å². The van der Waals surface area contributed by atoms with Gasteiger partial charge < -0.3 is 14.6 Å². The molecule has 7 nitrogen and oxygen atoms in total. The molecule has 4 aliphatic rings. The van der Waals surface area contributed by atoms with E-state index in [1.807, 2.05) is 34.6 Å². The molecule has 268 valence electrons. The molecule has 1 unspecified atom stereocenters. The molecule has 0 radical (unpaired) electrons. The van der Waals surface area contributed by atoms with Gasteiger partial charge in [0.1, 0.15) is 17.3 Å². The molecule has 7 heteroatoms. The number of methoxy groups -OCH3 is 1. The number of hydrogen-bond donors (Lipinski definition) is 1. The molecule has 0 amide bonds. The number of allylic oxidation sites excluding steroid dienone is 4. The van der Waals surface area contributed by atoms with Gasteiger partial charge in [0.2, 0.25) is 0 Å². The highest BCUT2D eigenvalue weighted by Gasteiger charge is 2.59. The first-order valence-corrected chi connectivity index (χ1v) is 18.6. The number of carbonyl (C=O) groups excluding carboxylic acids is 4. The van der Waals surface area contributed by atoms with E-state index in [0.29, 0.717) is 38.5 Å². The lowest BCUT2D eigenvalue weighted by Gasteiger charge is -2.49. The molecule has 1 N–H and O–H groups in total. The van der Waals surface area contributed by atoms with Crippen molar-refractivity contribution in [1.29, 1.82) is 0 Å². The van der Waals surface area contributed by atoms with Gasteiger partial charge in [-0.3, -0.25) is 19.2 Å². The van der Waals surface area contributed by atoms with Crippen molar-refractivity contribution in [1.82, 2.24) is 0 Å². The molecule has 0 aromatic carbocycles. The Morgan fingerprint density at radius 2 is 1.69 bits per heavy atom. The van der Waals surface area contributed by atoms with Crippen molar-refractivity contribution in [2.45, 2.75) is 150 Å². The highest BCUT2D eigenvalue weighted by molar-refractivity contribution is 5.97. The van der Waals surface area contributed by atoms with Crippen molar-refractivity contribution < 1.29 is 33.8 Å². The second kappa shape index (κ2) is 15.7. The van der Waals surface area contributed by atoms with Crippen molar-refractivity contribution >= 4 is 23.3 Å². The zero-order valence-electron chi connectivity index (χ0n) is 31.2. The maximum atomic E-state index is 14.6. The highest BCUT2D eigenvalue weighted by Crippen LogP contribution is 2.55. The average Bonchev–Trinajstić information content (AvgIpc) is 3.01. The smallest absolute Gasteiger partial charge is 0.313 e. The minimum atomic E-state index is -1.46. The Balaban J connectivity index is 1.94. The van der Waals surface area contributed by atoms with Gasteiger partial charge in [0.15, 0.2) is 0 Å². The summed E-state index contributed by atoms with van der Waals surface area (Å²) >= 11 is 0. The molecule has 2 bridgehead atoms. The predicted molar refractivity (Wildman–Crippen MR) is 188 cm³/mol. The van der Waals surface area contributed by atoms with Crippen molar-refractivity contribution in [3.05, 3.63) is 34.4 Å². The summed E-state index contributed by atoms with van der Waals surface area (Å²) in [7, 11) is 1.36. The molecule has 0 saturated heterocycles. The van der Waals surface area contributed by atoms with Gasteiger partial charge in [-0.15, -0.1) is 0 Å². The molecule has 0 spiro atoms. The Morgan fingerprint density at radius 1 is 0.979 bits per heavy atom. The zero-order valence-corrected chi connectivity index (χ0v) is 31.2. The van der Waals surface area contributed by atoms with Crippen LogP contribution < -0.4 is 0 Å². The normalized spacial score (nSPS) is 39.1. The molecule has 48 heavy (non-hydrogen) atoms. The third kappa shape index (κ3) is 8.15. The van der Waals surface area contributed by atoms with E-state index in [1.54, 1.807) is 0 Å². The molecule has 1 fully saturated rings. The van der Waals surface area contributed by atoms with Crippen LogP contribution in [0.25, 0.3) is 0 Å². The van der Waals surface area contributed by atoms with Gasteiger partial charge in [0.25, 0.3) is 0 Å². The van der Waals surface area contributed by atoms with Crippen LogP contribution in [0.15, 0.2) is 34.4 Å². The maximum Gasteiger partial charge on any atom is 0.313 e. The largest absolute Gasteiger partial charge is 0.469 e. The summed E-state index contributed by atoms with van der Waals surface area (Å²) in [5, 5.41) is 11.8. The van der Waals surface area contributed by atoms with Gasteiger partial charge in [0, 0.05) is 42.9 Å². The Hall–Kier alpha value is -2.38. The Morgan fingerprint density at radius 3 is 2.35 bits per heavy atom. The maximum absolute atomic E-state index is 14.6. The second-order valence-electron chi connectivity index (χ2n) is 16.5. The zero-order chi connectivity index (χ0) is 35.6. The number of aliphatic hydroxyl groups is 1. The van der Waals surface area contributed by atoms with E-state index in [1.165, 1.54) is 7.11 Å². The number of ether oxygens (including phenoxy) is 2. The number of esters is 1. The SMILES string of the molecule is COC(=O)[C@@]12CC(=O)[C@@H](C(C)C)CC(=O)[C@@H](C)CCC[C@@H](C)CC(=O)[C@@H]1CC(C)=C1CC[C@@](C)(O)C3CC=C(C)[C@@H](CC/C(C)=C/[C@H]12)O3. The summed E-state index contributed by atoms with van der Waals surface area (Å²) in [4.78, 5) is 57.3. The summed E-state index contributed by atoms with van der Waals surface area (Å²) in [6, 6.07) is 0. The van der Waals surface area contributed by atoms with Crippen LogP contribution in [0, 0.1) is 40.9 Å². The summed E-state index contributed by atoms with van der Waals surface area (Å²) in [6.45, 7) is 16.0. The standard InChI is InChI=1S/C41H62O7/c1-24(2)31-22-34(42)27(5)12-10-11-25(3)20-35(43)33-21-29(7)30-17-18-40(8,46)38-16-14-28(6)37(48-38)15-13-26(4)19-32(30)41(33,23-36(31)44)39(45)47-9/h14,19,24-25,27,31-33,37-38,46H,10-13,15-18,20-23H2,1-9H3/b26-19+/t25-,27+,31-,32-,33+,37-,38?,40-,41-/m1/s1. The summed E-state index contributed by atoms with van der Waals surface area (Å²) in [6.07, 6.45) is 9.87. The van der Waals surface area contributed by atoms with Gasteiger partial charge in [-0.05, 0) is 90.0 Å². The van der Waals surface area contributed by atoms with Gasteiger partial charge in [-0.1, -0.05) is 69.4 Å². The fourth-order valence-corrected chi connectivity index (χ4v) is 9.03. The van der Waals surface area contributed by atoms with Crippen LogP contribution in [-0.2, 0) is 28.7 Å². The third-order valence-electron chi connectivity index (χ3n) is 12.4. The van der Waals surface area contributed by atoms with Gasteiger partial charge >= 0.3 is 5.97 Å². The molecule has 2 heterocycles. The molecule has 0 aromatic heterocycles. The molecular formula is C41H62O7. The number of rotatable bonds is 2. The van der Waals surface area contributed by atoms with Gasteiger partial charge in [-0.2, -0.15) is 0 Å². The van der Waals surface area contributed by atoms with Crippen LogP contribution in [0.3, 0.4) is 0 Å². The lowest BCUT2D eigenvalue weighted by atomic mass is 9.53. The minimum absolute atomic E-state index is 0.00856. The number of ketones is 3. The fraction of sp³-hybridized carbons (Fsp3) is 0.756. The van der Waals surface area contributed by atoms with Crippen LogP contribution >= 0.6 is 0 Å². The number of hydrogen-bond acceptors (Lipinski definition) is 7. The monoisotopic (exact) mass is 666 g/mol. The van der Waals surface area contributed by atoms with Crippen LogP contribution in [0.4, 0.5) is 0 Å². The summed E-state index contributed by atoms with van der Waals surface area (Å²) < 4.78 is 12.1. The first kappa shape index (κ1) is 38.4. The van der Waals surface area contributed by atoms with E-state index in [4.69, 9.17) is 9.47 Å². The van der Waals surface area contributed by atoms with E-state index in [9.17, 15) is 24.3 Å². The fourth-order valence-electron chi connectivity index (χ4n) is 9.03. The van der Waals surface area contributed by atoms with Crippen LogP contribution in [0.2, 0.25) is 0 Å². The average molecular weight is 667 g/mol. The first-order valence-electron chi connectivity index (χ1n) is 18.6. The predicted octanol–water partition coefficient (Wildman–Crippen LogP) is 8.08. The van der Waals surface area contributed by atoms with Crippen molar-refractivity contribution in [2.75, 3.05) is 7.11 Å². The van der Waals surface area contributed by atoms with Crippen LogP contribution in [0.5, 0.6) is 0 Å². The van der Waals surface area contributed by atoms with E-state index in [-0.39, 0.29) is 60.2 Å². The van der Waals surface area contributed by atoms with E-state index < -0.39 is 34.7 Å². The first-order chi connectivity index (χ1) is 22.5. The summed E-state index contributed by atoms with van der Waals surface area (Å²) in [5.41, 5.74) is 1.69. The Bertz CT molecular complexity index is 1330. The molecule has 0 aromatic rings. The van der Waals surface area contributed by atoms with Crippen LogP contribution in [0.1, 0.15) is 132 Å². The second-order valence-corrected chi connectivity index (χ2v) is 16.5. The number of fused-ring (bicyclic) bond motifs is 5. The van der Waals surface area contributed by atoms with Crippen LogP contribution in [-0.4, -0.2) is 53.3 Å². The lowest BCUT2D eigenvalue weighted by Crippen LogP contribution is -2.54. The van der Waals surface area contributed by atoms with Gasteiger partial charge in [-0.25, -0.2) is 0 Å². The van der Waals surface area contributed by atoms with E-state index in [0.717, 1.165) is 48.0 Å². The van der Waals surface area contributed by atoms with Crippen molar-refractivity contribution in [3.8, 4) is 0 Å². The topological polar surface area (TPSA) is 107 Å². The molecule has 9 atom stereocenters. The van der Waals surface area contributed by atoms with E-state index >= 15 is 0 Å². The van der Waals surface area contributed by atoms with E-state index in [2.05, 4.69) is 32.9 Å². The third-order valence-corrected chi connectivity index (χ3v) is 12.4. The minimum Gasteiger partial charge on any atom is -0.469 e. The molecule has 2 aliphatic heterocycles. The number of carbonyl (C=O) groups is 4. The van der Waals surface area contributed by atoms with Gasteiger partial charge in [0.05, 0.1) is 30.3 Å². The Kier molecular flexibility index (Phi) is 12.5. The quantitative estimate of drug-likeness (QED) is 0.235. The molecule has 1 saturated carbocycles.